The van der Waals surface area contributed by atoms with E-state index in [1.807, 2.05) is 28.8 Å². The van der Waals surface area contributed by atoms with Crippen molar-refractivity contribution in [1.82, 2.24) is 4.57 Å². The molecule has 0 spiro atoms. The molecule has 5 heteroatoms. The van der Waals surface area contributed by atoms with E-state index in [9.17, 15) is 4.79 Å². The number of hydrogen-bond donors (Lipinski definition) is 2. The number of nitrogens with two attached hydrogens (primary N) is 1. The third kappa shape index (κ3) is 2.85. The number of fused-ring (bicyclic) bond motifs is 1. The van der Waals surface area contributed by atoms with Crippen molar-refractivity contribution in [2.75, 3.05) is 11.1 Å². The molecule has 0 bridgehead atoms. The Labute approximate surface area is 127 Å². The van der Waals surface area contributed by atoms with Crippen molar-refractivity contribution in [2.24, 2.45) is 0 Å². The molecule has 0 unspecified atom stereocenters. The van der Waals surface area contributed by atoms with Gasteiger partial charge in [0.1, 0.15) is 6.54 Å². The summed E-state index contributed by atoms with van der Waals surface area (Å²) in [5.74, 6) is -0.127. The summed E-state index contributed by atoms with van der Waals surface area (Å²) in [4.78, 5) is 12.1. The summed E-state index contributed by atoms with van der Waals surface area (Å²) in [6.45, 7) is 0.196. The highest BCUT2D eigenvalue weighted by Gasteiger charge is 2.09. The van der Waals surface area contributed by atoms with Crippen LogP contribution in [0.15, 0.2) is 54.7 Å². The van der Waals surface area contributed by atoms with Crippen LogP contribution in [-0.4, -0.2) is 10.5 Å². The molecule has 21 heavy (non-hydrogen) atoms. The minimum Gasteiger partial charge on any atom is -0.399 e. The fourth-order valence-corrected chi connectivity index (χ4v) is 2.58. The first kappa shape index (κ1) is 13.5. The predicted octanol–water partition coefficient (Wildman–Crippen LogP) is 3.52. The average Bonchev–Trinajstić information content (AvgIpc) is 2.76. The Morgan fingerprint density at radius 2 is 2.00 bits per heavy atom. The van der Waals surface area contributed by atoms with Crippen molar-refractivity contribution in [3.8, 4) is 0 Å². The van der Waals surface area contributed by atoms with Crippen LogP contribution in [0.3, 0.4) is 0 Å². The van der Waals surface area contributed by atoms with Gasteiger partial charge in [0.15, 0.2) is 0 Å². The minimum atomic E-state index is -0.127. The molecular formula is C16H14ClN3O. The maximum absolute atomic E-state index is 12.1. The quantitative estimate of drug-likeness (QED) is 0.727. The van der Waals surface area contributed by atoms with Gasteiger partial charge in [-0.3, -0.25) is 4.79 Å². The summed E-state index contributed by atoms with van der Waals surface area (Å²) in [6, 6.07) is 14.8. The molecule has 0 radical (unpaired) electrons. The molecule has 0 aliphatic rings. The van der Waals surface area contributed by atoms with Crippen molar-refractivity contribution in [2.45, 2.75) is 6.54 Å². The first-order valence-corrected chi connectivity index (χ1v) is 6.90. The second-order valence-corrected chi connectivity index (χ2v) is 5.20. The number of rotatable bonds is 3. The van der Waals surface area contributed by atoms with Gasteiger partial charge < -0.3 is 15.6 Å². The van der Waals surface area contributed by atoms with Gasteiger partial charge in [-0.25, -0.2) is 0 Å². The van der Waals surface area contributed by atoms with Gasteiger partial charge in [-0.15, -0.1) is 0 Å². The van der Waals surface area contributed by atoms with Crippen LogP contribution < -0.4 is 11.1 Å². The number of anilines is 2. The van der Waals surface area contributed by atoms with E-state index in [1.54, 1.807) is 30.5 Å². The summed E-state index contributed by atoms with van der Waals surface area (Å²) >= 11 is 6.17. The summed E-state index contributed by atoms with van der Waals surface area (Å²) < 4.78 is 1.83. The Morgan fingerprint density at radius 3 is 2.81 bits per heavy atom. The van der Waals surface area contributed by atoms with Crippen LogP contribution in [0.5, 0.6) is 0 Å². The number of nitrogens with one attached hydrogen (secondary N) is 1. The highest BCUT2D eigenvalue weighted by Crippen LogP contribution is 2.25. The molecule has 1 aromatic heterocycles. The topological polar surface area (TPSA) is 60.0 Å². The highest BCUT2D eigenvalue weighted by molar-refractivity contribution is 6.35. The zero-order valence-corrected chi connectivity index (χ0v) is 12.0. The molecule has 3 N–H and O–H groups in total. The number of para-hydroxylation sites is 1. The number of nitrogens with zero attached hydrogens (tertiary/aromatic N) is 1. The maximum atomic E-state index is 12.1. The zero-order chi connectivity index (χ0) is 14.8. The number of aromatic nitrogens is 1. The molecule has 4 nitrogen and oxygen atoms in total. The number of carbonyl (C=O) groups is 1. The van der Waals surface area contributed by atoms with E-state index in [2.05, 4.69) is 5.32 Å². The van der Waals surface area contributed by atoms with Gasteiger partial charge in [-0.1, -0.05) is 35.9 Å². The van der Waals surface area contributed by atoms with Crippen LogP contribution in [0.25, 0.3) is 10.9 Å². The molecule has 1 amide bonds. The molecule has 106 valence electrons. The van der Waals surface area contributed by atoms with Crippen molar-refractivity contribution in [3.63, 3.8) is 0 Å². The molecule has 1 heterocycles. The lowest BCUT2D eigenvalue weighted by molar-refractivity contribution is -0.116. The van der Waals surface area contributed by atoms with Crippen LogP contribution >= 0.6 is 11.6 Å². The van der Waals surface area contributed by atoms with Gasteiger partial charge in [0, 0.05) is 23.0 Å². The van der Waals surface area contributed by atoms with Gasteiger partial charge in [-0.05, 0) is 24.3 Å². The monoisotopic (exact) mass is 299 g/mol. The van der Waals surface area contributed by atoms with Crippen molar-refractivity contribution in [1.29, 1.82) is 0 Å². The minimum absolute atomic E-state index is 0.127. The molecule has 0 fully saturated rings. The fraction of sp³-hybridized carbons (Fsp3) is 0.0625. The fourth-order valence-electron chi connectivity index (χ4n) is 2.30. The number of hydrogen-bond acceptors (Lipinski definition) is 2. The molecular weight excluding hydrogens is 286 g/mol. The van der Waals surface area contributed by atoms with E-state index < -0.39 is 0 Å². The van der Waals surface area contributed by atoms with E-state index in [-0.39, 0.29) is 12.5 Å². The molecule has 0 atom stereocenters. The lowest BCUT2D eigenvalue weighted by Gasteiger charge is -2.07. The predicted molar refractivity (Wildman–Crippen MR) is 86.4 cm³/mol. The molecule has 3 aromatic rings. The van der Waals surface area contributed by atoms with Crippen LogP contribution in [0.2, 0.25) is 5.02 Å². The van der Waals surface area contributed by atoms with Gasteiger partial charge in [0.2, 0.25) is 5.91 Å². The Bertz CT molecular complexity index is 810. The van der Waals surface area contributed by atoms with E-state index in [0.29, 0.717) is 16.4 Å². The number of nitrogen functional groups attached to an aromatic ring is 1. The Hall–Kier alpha value is -2.46. The Morgan fingerprint density at radius 1 is 1.19 bits per heavy atom. The number of halogens is 1. The van der Waals surface area contributed by atoms with Gasteiger partial charge in [0.25, 0.3) is 0 Å². The van der Waals surface area contributed by atoms with Crippen LogP contribution in [0.1, 0.15) is 0 Å². The third-order valence-corrected chi connectivity index (χ3v) is 3.53. The van der Waals surface area contributed by atoms with E-state index in [1.165, 1.54) is 0 Å². The molecule has 0 aliphatic carbocycles. The zero-order valence-electron chi connectivity index (χ0n) is 11.2. The molecule has 0 saturated heterocycles. The molecule has 0 aliphatic heterocycles. The highest BCUT2D eigenvalue weighted by atomic mass is 35.5. The summed E-state index contributed by atoms with van der Waals surface area (Å²) in [5.41, 5.74) is 7.92. The average molecular weight is 300 g/mol. The second kappa shape index (κ2) is 5.50. The lowest BCUT2D eigenvalue weighted by atomic mass is 10.2. The number of amides is 1. The standard InChI is InChI=1S/C16H14ClN3O/c17-14-9-20(15-7-2-1-6-13(14)15)10-16(21)19-12-5-3-4-11(18)8-12/h1-9H,10,18H2,(H,19,21). The second-order valence-electron chi connectivity index (χ2n) is 4.80. The molecule has 0 saturated carbocycles. The van der Waals surface area contributed by atoms with E-state index in [0.717, 1.165) is 10.9 Å². The summed E-state index contributed by atoms with van der Waals surface area (Å²) in [6.07, 6.45) is 1.77. The number of carbonyl (C=O) groups excluding carboxylic acids is 1. The number of benzene rings is 2. The molecule has 3 rings (SSSR count). The Balaban J connectivity index is 1.80. The van der Waals surface area contributed by atoms with Crippen molar-refractivity contribution in [3.05, 3.63) is 59.8 Å². The van der Waals surface area contributed by atoms with Crippen LogP contribution in [0.4, 0.5) is 11.4 Å². The van der Waals surface area contributed by atoms with Gasteiger partial charge in [-0.2, -0.15) is 0 Å². The van der Waals surface area contributed by atoms with E-state index >= 15 is 0 Å². The van der Waals surface area contributed by atoms with Gasteiger partial charge >= 0.3 is 0 Å². The van der Waals surface area contributed by atoms with Gasteiger partial charge in [0.05, 0.1) is 10.5 Å². The van der Waals surface area contributed by atoms with Crippen LogP contribution in [0, 0.1) is 0 Å². The van der Waals surface area contributed by atoms with E-state index in [4.69, 9.17) is 17.3 Å². The third-order valence-electron chi connectivity index (χ3n) is 3.22. The first-order chi connectivity index (χ1) is 10.1. The smallest absolute Gasteiger partial charge is 0.244 e. The largest absolute Gasteiger partial charge is 0.399 e. The summed E-state index contributed by atoms with van der Waals surface area (Å²) in [5, 5.41) is 4.40. The summed E-state index contributed by atoms with van der Waals surface area (Å²) in [7, 11) is 0. The normalized spacial score (nSPS) is 10.7. The van der Waals surface area contributed by atoms with Crippen LogP contribution in [-0.2, 0) is 11.3 Å². The van der Waals surface area contributed by atoms with Crippen molar-refractivity contribution < 1.29 is 4.79 Å². The lowest BCUT2D eigenvalue weighted by Crippen LogP contribution is -2.18. The first-order valence-electron chi connectivity index (χ1n) is 6.52. The maximum Gasteiger partial charge on any atom is 0.244 e. The molecule has 2 aromatic carbocycles. The SMILES string of the molecule is Nc1cccc(NC(=O)Cn2cc(Cl)c3ccccc32)c1. The van der Waals surface area contributed by atoms with Crippen molar-refractivity contribution >= 4 is 39.8 Å². The Kier molecular flexibility index (Phi) is 3.54.